The molecular weight excluding hydrogens is 281 g/mol. The summed E-state index contributed by atoms with van der Waals surface area (Å²) >= 11 is 12.3. The SMILES string of the molecule is OCC1(CNCc2c(Cl)cccc2Cl)CCCCC1. The Morgan fingerprint density at radius 1 is 1.11 bits per heavy atom. The summed E-state index contributed by atoms with van der Waals surface area (Å²) in [5.41, 5.74) is 0.987. The van der Waals surface area contributed by atoms with Gasteiger partial charge < -0.3 is 10.4 Å². The number of aliphatic hydroxyl groups is 1. The van der Waals surface area contributed by atoms with Crippen LogP contribution in [-0.2, 0) is 6.54 Å². The summed E-state index contributed by atoms with van der Waals surface area (Å²) in [6, 6.07) is 5.56. The van der Waals surface area contributed by atoms with Gasteiger partial charge in [-0.2, -0.15) is 0 Å². The van der Waals surface area contributed by atoms with E-state index in [1.54, 1.807) is 0 Å². The Hall–Kier alpha value is -0.280. The maximum absolute atomic E-state index is 9.66. The molecule has 1 aromatic rings. The predicted molar refractivity (Wildman–Crippen MR) is 80.8 cm³/mol. The van der Waals surface area contributed by atoms with Crippen molar-refractivity contribution in [2.24, 2.45) is 5.41 Å². The van der Waals surface area contributed by atoms with Gasteiger partial charge in [0.15, 0.2) is 0 Å². The van der Waals surface area contributed by atoms with E-state index in [0.29, 0.717) is 16.6 Å². The number of hydrogen-bond donors (Lipinski definition) is 2. The second kappa shape index (κ2) is 6.94. The first-order valence-corrected chi connectivity index (χ1v) is 7.67. The van der Waals surface area contributed by atoms with Crippen LogP contribution in [0.1, 0.15) is 37.7 Å². The van der Waals surface area contributed by atoms with Gasteiger partial charge in [0, 0.05) is 40.7 Å². The second-order valence-corrected chi connectivity index (χ2v) is 6.34. The lowest BCUT2D eigenvalue weighted by atomic mass is 9.74. The minimum Gasteiger partial charge on any atom is -0.396 e. The van der Waals surface area contributed by atoms with Gasteiger partial charge in [-0.05, 0) is 25.0 Å². The molecule has 1 aromatic carbocycles. The number of benzene rings is 1. The molecule has 1 fully saturated rings. The summed E-state index contributed by atoms with van der Waals surface area (Å²) in [7, 11) is 0. The standard InChI is InChI=1S/C15H21Cl2NO/c16-13-5-4-6-14(17)12(13)9-18-10-15(11-19)7-2-1-3-8-15/h4-6,18-19H,1-3,7-11H2. The molecule has 0 aliphatic heterocycles. The Balaban J connectivity index is 1.92. The Morgan fingerprint density at radius 3 is 2.32 bits per heavy atom. The Morgan fingerprint density at radius 2 is 1.74 bits per heavy atom. The topological polar surface area (TPSA) is 32.3 Å². The van der Waals surface area contributed by atoms with Crippen molar-refractivity contribution in [1.82, 2.24) is 5.32 Å². The van der Waals surface area contributed by atoms with Crippen molar-refractivity contribution >= 4 is 23.2 Å². The number of halogens is 2. The Bertz CT molecular complexity index is 396. The van der Waals surface area contributed by atoms with Crippen molar-refractivity contribution < 1.29 is 5.11 Å². The molecule has 0 amide bonds. The van der Waals surface area contributed by atoms with Crippen molar-refractivity contribution in [3.8, 4) is 0 Å². The van der Waals surface area contributed by atoms with E-state index < -0.39 is 0 Å². The van der Waals surface area contributed by atoms with Gasteiger partial charge in [0.25, 0.3) is 0 Å². The van der Waals surface area contributed by atoms with Crippen LogP contribution in [0.15, 0.2) is 18.2 Å². The Kier molecular flexibility index (Phi) is 5.52. The van der Waals surface area contributed by atoms with Crippen LogP contribution in [0.4, 0.5) is 0 Å². The van der Waals surface area contributed by atoms with E-state index in [-0.39, 0.29) is 12.0 Å². The zero-order chi connectivity index (χ0) is 13.7. The third-order valence-electron chi connectivity index (χ3n) is 4.11. The Labute approximate surface area is 125 Å². The van der Waals surface area contributed by atoms with E-state index in [9.17, 15) is 5.11 Å². The summed E-state index contributed by atoms with van der Waals surface area (Å²) in [6.07, 6.45) is 5.93. The van der Waals surface area contributed by atoms with Gasteiger partial charge in [0.1, 0.15) is 0 Å². The first-order chi connectivity index (χ1) is 9.17. The maximum Gasteiger partial charge on any atom is 0.0499 e. The van der Waals surface area contributed by atoms with Crippen LogP contribution in [0, 0.1) is 5.41 Å². The highest BCUT2D eigenvalue weighted by Gasteiger charge is 2.30. The van der Waals surface area contributed by atoms with E-state index in [2.05, 4.69) is 5.32 Å². The van der Waals surface area contributed by atoms with Gasteiger partial charge in [0.2, 0.25) is 0 Å². The molecule has 1 saturated carbocycles. The number of rotatable bonds is 5. The predicted octanol–water partition coefficient (Wildman–Crippen LogP) is 4.03. The molecule has 0 spiro atoms. The molecule has 4 heteroatoms. The van der Waals surface area contributed by atoms with Crippen LogP contribution in [-0.4, -0.2) is 18.3 Å². The second-order valence-electron chi connectivity index (χ2n) is 5.52. The molecule has 106 valence electrons. The third kappa shape index (κ3) is 3.85. The van der Waals surface area contributed by atoms with E-state index in [1.807, 2.05) is 18.2 Å². The fraction of sp³-hybridized carbons (Fsp3) is 0.600. The molecule has 2 rings (SSSR count). The fourth-order valence-electron chi connectivity index (χ4n) is 2.85. The molecule has 0 aromatic heterocycles. The lowest BCUT2D eigenvalue weighted by molar-refractivity contribution is 0.0810. The zero-order valence-corrected chi connectivity index (χ0v) is 12.6. The molecule has 0 unspecified atom stereocenters. The van der Waals surface area contributed by atoms with Crippen LogP contribution < -0.4 is 5.32 Å². The quantitative estimate of drug-likeness (QED) is 0.861. The lowest BCUT2D eigenvalue weighted by Gasteiger charge is -2.35. The first kappa shape index (κ1) is 15.1. The molecule has 0 atom stereocenters. The highest BCUT2D eigenvalue weighted by Crippen LogP contribution is 2.35. The van der Waals surface area contributed by atoms with Gasteiger partial charge in [-0.1, -0.05) is 48.5 Å². The van der Waals surface area contributed by atoms with Crippen molar-refractivity contribution in [3.63, 3.8) is 0 Å². The van der Waals surface area contributed by atoms with Gasteiger partial charge in [-0.3, -0.25) is 0 Å². The van der Waals surface area contributed by atoms with Crippen LogP contribution in [0.2, 0.25) is 10.0 Å². The molecule has 0 saturated heterocycles. The van der Waals surface area contributed by atoms with Gasteiger partial charge in [-0.15, -0.1) is 0 Å². The fourth-order valence-corrected chi connectivity index (χ4v) is 3.38. The molecule has 2 N–H and O–H groups in total. The summed E-state index contributed by atoms with van der Waals surface area (Å²) in [6.45, 7) is 1.74. The summed E-state index contributed by atoms with van der Waals surface area (Å²) < 4.78 is 0. The summed E-state index contributed by atoms with van der Waals surface area (Å²) in [4.78, 5) is 0. The van der Waals surface area contributed by atoms with E-state index >= 15 is 0 Å². The minimum absolute atomic E-state index is 0.0476. The average Bonchev–Trinajstić information content (AvgIpc) is 2.43. The minimum atomic E-state index is 0.0476. The van der Waals surface area contributed by atoms with Gasteiger partial charge in [-0.25, -0.2) is 0 Å². The highest BCUT2D eigenvalue weighted by molar-refractivity contribution is 6.35. The number of nitrogens with one attached hydrogen (secondary N) is 1. The molecule has 1 aliphatic rings. The van der Waals surface area contributed by atoms with E-state index in [4.69, 9.17) is 23.2 Å². The van der Waals surface area contributed by atoms with Crippen molar-refractivity contribution in [2.45, 2.75) is 38.6 Å². The zero-order valence-electron chi connectivity index (χ0n) is 11.1. The molecule has 0 radical (unpaired) electrons. The van der Waals surface area contributed by atoms with Crippen LogP contribution in [0.25, 0.3) is 0 Å². The van der Waals surface area contributed by atoms with E-state index in [1.165, 1.54) is 19.3 Å². The van der Waals surface area contributed by atoms with Crippen LogP contribution >= 0.6 is 23.2 Å². The van der Waals surface area contributed by atoms with Crippen LogP contribution in [0.3, 0.4) is 0 Å². The number of hydrogen-bond acceptors (Lipinski definition) is 2. The third-order valence-corrected chi connectivity index (χ3v) is 4.82. The molecular formula is C15H21Cl2NO. The molecule has 0 heterocycles. The summed E-state index contributed by atoms with van der Waals surface area (Å²) in [5.74, 6) is 0. The van der Waals surface area contributed by atoms with Crippen molar-refractivity contribution in [1.29, 1.82) is 0 Å². The molecule has 19 heavy (non-hydrogen) atoms. The van der Waals surface area contributed by atoms with Crippen molar-refractivity contribution in [3.05, 3.63) is 33.8 Å². The van der Waals surface area contributed by atoms with Crippen LogP contribution in [0.5, 0.6) is 0 Å². The molecule has 0 bridgehead atoms. The smallest absolute Gasteiger partial charge is 0.0499 e. The highest BCUT2D eigenvalue weighted by atomic mass is 35.5. The largest absolute Gasteiger partial charge is 0.396 e. The maximum atomic E-state index is 9.66. The monoisotopic (exact) mass is 301 g/mol. The van der Waals surface area contributed by atoms with E-state index in [0.717, 1.165) is 24.9 Å². The molecule has 2 nitrogen and oxygen atoms in total. The van der Waals surface area contributed by atoms with Crippen molar-refractivity contribution in [2.75, 3.05) is 13.2 Å². The first-order valence-electron chi connectivity index (χ1n) is 6.91. The summed E-state index contributed by atoms with van der Waals surface area (Å²) in [5, 5.41) is 14.5. The lowest BCUT2D eigenvalue weighted by Crippen LogP contribution is -2.38. The number of aliphatic hydroxyl groups excluding tert-OH is 1. The molecule has 1 aliphatic carbocycles. The average molecular weight is 302 g/mol. The van der Waals surface area contributed by atoms with Gasteiger partial charge >= 0.3 is 0 Å². The normalized spacial score (nSPS) is 18.5. The van der Waals surface area contributed by atoms with Gasteiger partial charge in [0.05, 0.1) is 0 Å².